The third kappa shape index (κ3) is 3.81. The van der Waals surface area contributed by atoms with Crippen molar-refractivity contribution in [2.75, 3.05) is 5.32 Å². The Labute approximate surface area is 122 Å². The summed E-state index contributed by atoms with van der Waals surface area (Å²) in [5.74, 6) is 0. The predicted octanol–water partition coefficient (Wildman–Crippen LogP) is 5.74. The molecule has 1 aliphatic carbocycles. The maximum absolute atomic E-state index is 13.0. The van der Waals surface area contributed by atoms with Gasteiger partial charge in [-0.3, -0.25) is 0 Å². The molecular weight excluding hydrogens is 287 g/mol. The Balaban J connectivity index is 2.21. The maximum atomic E-state index is 13.0. The molecule has 5 heteroatoms. The zero-order chi connectivity index (χ0) is 15.0. The number of rotatable bonds is 2. The van der Waals surface area contributed by atoms with Gasteiger partial charge in [0.2, 0.25) is 0 Å². The summed E-state index contributed by atoms with van der Waals surface area (Å²) in [6, 6.07) is 3.98. The van der Waals surface area contributed by atoms with E-state index in [0.29, 0.717) is 0 Å². The monoisotopic (exact) mass is 305 g/mol. The predicted molar refractivity (Wildman–Crippen MR) is 76.1 cm³/mol. The molecule has 1 unspecified atom stereocenters. The number of hydrogen-bond donors (Lipinski definition) is 1. The largest absolute Gasteiger partial charge is 0.418 e. The normalized spacial score (nSPS) is 22.6. The van der Waals surface area contributed by atoms with Crippen molar-refractivity contribution in [1.29, 1.82) is 0 Å². The van der Waals surface area contributed by atoms with Crippen molar-refractivity contribution in [2.24, 2.45) is 5.41 Å². The highest BCUT2D eigenvalue weighted by Crippen LogP contribution is 2.40. The molecule has 1 aliphatic rings. The zero-order valence-corrected chi connectivity index (χ0v) is 12.4. The van der Waals surface area contributed by atoms with Gasteiger partial charge in [0.15, 0.2) is 0 Å². The van der Waals surface area contributed by atoms with Gasteiger partial charge in [0, 0.05) is 16.8 Å². The minimum absolute atomic E-state index is 0.0843. The zero-order valence-electron chi connectivity index (χ0n) is 11.6. The van der Waals surface area contributed by atoms with Crippen molar-refractivity contribution >= 4 is 17.3 Å². The molecule has 112 valence electrons. The van der Waals surface area contributed by atoms with Crippen LogP contribution in [0.5, 0.6) is 0 Å². The highest BCUT2D eigenvalue weighted by molar-refractivity contribution is 6.30. The summed E-state index contributed by atoms with van der Waals surface area (Å²) in [6.45, 7) is 4.32. The molecule has 1 saturated carbocycles. The first kappa shape index (κ1) is 15.5. The molecule has 1 aromatic rings. The molecule has 0 radical (unpaired) electrons. The molecule has 0 aliphatic heterocycles. The Morgan fingerprint density at radius 3 is 2.60 bits per heavy atom. The molecule has 0 spiro atoms. The first-order chi connectivity index (χ1) is 9.17. The van der Waals surface area contributed by atoms with Crippen LogP contribution in [0.15, 0.2) is 18.2 Å². The molecule has 0 amide bonds. The van der Waals surface area contributed by atoms with Gasteiger partial charge in [-0.05, 0) is 42.9 Å². The van der Waals surface area contributed by atoms with E-state index < -0.39 is 11.7 Å². The Kier molecular flexibility index (Phi) is 4.24. The summed E-state index contributed by atoms with van der Waals surface area (Å²) in [6.07, 6.45) is -0.439. The number of alkyl halides is 3. The van der Waals surface area contributed by atoms with E-state index in [4.69, 9.17) is 11.6 Å². The topological polar surface area (TPSA) is 12.0 Å². The molecule has 0 bridgehead atoms. The summed E-state index contributed by atoms with van der Waals surface area (Å²) >= 11 is 5.68. The summed E-state index contributed by atoms with van der Waals surface area (Å²) in [4.78, 5) is 0. The minimum atomic E-state index is -4.39. The van der Waals surface area contributed by atoms with Crippen LogP contribution in [-0.4, -0.2) is 6.04 Å². The lowest BCUT2D eigenvalue weighted by atomic mass is 9.75. The number of nitrogens with one attached hydrogen (secondary N) is 1. The molecule has 0 aromatic heterocycles. The minimum Gasteiger partial charge on any atom is -0.382 e. The molecular formula is C15H19ClF3N. The van der Waals surface area contributed by atoms with E-state index >= 15 is 0 Å². The van der Waals surface area contributed by atoms with Gasteiger partial charge in [0.05, 0.1) is 5.56 Å². The Morgan fingerprint density at radius 1 is 1.30 bits per heavy atom. The number of benzene rings is 1. The van der Waals surface area contributed by atoms with Gasteiger partial charge in [-0.25, -0.2) is 0 Å². The van der Waals surface area contributed by atoms with E-state index in [1.54, 1.807) is 0 Å². The fraction of sp³-hybridized carbons (Fsp3) is 0.600. The Bertz CT molecular complexity index is 482. The standard InChI is InChI=1S/C15H19ClF3N/c1-14(2)7-3-4-11(9-14)20-13-6-5-10(16)8-12(13)15(17,18)19/h5-6,8,11,20H,3-4,7,9H2,1-2H3. The molecule has 20 heavy (non-hydrogen) atoms. The summed E-state index contributed by atoms with van der Waals surface area (Å²) < 4.78 is 39.1. The summed E-state index contributed by atoms with van der Waals surface area (Å²) in [5, 5.41) is 3.16. The highest BCUT2D eigenvalue weighted by Gasteiger charge is 2.35. The van der Waals surface area contributed by atoms with Crippen LogP contribution in [0.3, 0.4) is 0 Å². The van der Waals surface area contributed by atoms with Crippen LogP contribution in [0.2, 0.25) is 5.02 Å². The molecule has 1 fully saturated rings. The number of anilines is 1. The first-order valence-corrected chi connectivity index (χ1v) is 7.18. The van der Waals surface area contributed by atoms with Crippen molar-refractivity contribution in [2.45, 2.75) is 51.7 Å². The van der Waals surface area contributed by atoms with Gasteiger partial charge < -0.3 is 5.32 Å². The van der Waals surface area contributed by atoms with E-state index in [1.807, 2.05) is 0 Å². The van der Waals surface area contributed by atoms with Gasteiger partial charge in [-0.2, -0.15) is 13.2 Å². The molecule has 1 aromatic carbocycles. The number of hydrogen-bond acceptors (Lipinski definition) is 1. The van der Waals surface area contributed by atoms with Gasteiger partial charge in [-0.1, -0.05) is 31.9 Å². The second-order valence-corrected chi connectivity index (χ2v) is 6.73. The van der Waals surface area contributed by atoms with Gasteiger partial charge in [0.1, 0.15) is 0 Å². The molecule has 2 rings (SSSR count). The van der Waals surface area contributed by atoms with Crippen LogP contribution in [0.25, 0.3) is 0 Å². The maximum Gasteiger partial charge on any atom is 0.418 e. The van der Waals surface area contributed by atoms with E-state index in [1.165, 1.54) is 12.1 Å². The van der Waals surface area contributed by atoms with Crippen LogP contribution in [0.4, 0.5) is 18.9 Å². The molecule has 1 atom stereocenters. The second kappa shape index (κ2) is 5.47. The van der Waals surface area contributed by atoms with Crippen molar-refractivity contribution in [3.63, 3.8) is 0 Å². The molecule has 1 nitrogen and oxygen atoms in total. The van der Waals surface area contributed by atoms with Crippen molar-refractivity contribution in [1.82, 2.24) is 0 Å². The van der Waals surface area contributed by atoms with Crippen LogP contribution >= 0.6 is 11.6 Å². The van der Waals surface area contributed by atoms with Crippen LogP contribution in [-0.2, 0) is 6.18 Å². The van der Waals surface area contributed by atoms with Crippen molar-refractivity contribution in [3.8, 4) is 0 Å². The average molecular weight is 306 g/mol. The van der Waals surface area contributed by atoms with Crippen LogP contribution < -0.4 is 5.32 Å². The first-order valence-electron chi connectivity index (χ1n) is 6.81. The summed E-state index contributed by atoms with van der Waals surface area (Å²) in [7, 11) is 0. The Hall–Kier alpha value is -0.900. The van der Waals surface area contributed by atoms with Crippen molar-refractivity contribution in [3.05, 3.63) is 28.8 Å². The third-order valence-corrected chi connectivity index (χ3v) is 4.09. The van der Waals surface area contributed by atoms with Gasteiger partial charge in [0.25, 0.3) is 0 Å². The average Bonchev–Trinajstić information content (AvgIpc) is 2.29. The van der Waals surface area contributed by atoms with Crippen LogP contribution in [0, 0.1) is 5.41 Å². The second-order valence-electron chi connectivity index (χ2n) is 6.29. The highest BCUT2D eigenvalue weighted by atomic mass is 35.5. The van der Waals surface area contributed by atoms with Crippen LogP contribution in [0.1, 0.15) is 45.1 Å². The number of halogens is 4. The smallest absolute Gasteiger partial charge is 0.382 e. The lowest BCUT2D eigenvalue weighted by Gasteiger charge is -2.36. The van der Waals surface area contributed by atoms with Gasteiger partial charge in [-0.15, -0.1) is 0 Å². The van der Waals surface area contributed by atoms with E-state index in [2.05, 4.69) is 19.2 Å². The van der Waals surface area contributed by atoms with E-state index in [9.17, 15) is 13.2 Å². The lowest BCUT2D eigenvalue weighted by Crippen LogP contribution is -2.32. The fourth-order valence-electron chi connectivity index (χ4n) is 2.92. The third-order valence-electron chi connectivity index (χ3n) is 3.85. The van der Waals surface area contributed by atoms with Gasteiger partial charge >= 0.3 is 6.18 Å². The molecule has 1 N–H and O–H groups in total. The Morgan fingerprint density at radius 2 is 2.00 bits per heavy atom. The quantitative estimate of drug-likeness (QED) is 0.734. The SMILES string of the molecule is CC1(C)CCCC(Nc2ccc(Cl)cc2C(F)(F)F)C1. The fourth-order valence-corrected chi connectivity index (χ4v) is 3.09. The summed E-state index contributed by atoms with van der Waals surface area (Å²) in [5.41, 5.74) is -0.376. The van der Waals surface area contributed by atoms with E-state index in [0.717, 1.165) is 31.7 Å². The lowest BCUT2D eigenvalue weighted by molar-refractivity contribution is -0.137. The molecule has 0 saturated heterocycles. The van der Waals surface area contributed by atoms with Crippen molar-refractivity contribution < 1.29 is 13.2 Å². The molecule has 0 heterocycles. The van der Waals surface area contributed by atoms with E-state index in [-0.39, 0.29) is 22.2 Å².